The maximum absolute atomic E-state index is 8.70. The van der Waals surface area contributed by atoms with Crippen LogP contribution in [0.25, 0.3) is 6.08 Å². The second kappa shape index (κ2) is 6.84. The molecule has 0 aliphatic heterocycles. The van der Waals surface area contributed by atoms with E-state index in [2.05, 4.69) is 48.2 Å². The molecule has 0 fully saturated rings. The number of benzene rings is 1. The molecule has 0 aliphatic rings. The number of allylic oxidation sites excluding steroid dienone is 1. The average molecular weight is 246 g/mol. The van der Waals surface area contributed by atoms with Crippen LogP contribution in [0.1, 0.15) is 33.3 Å². The molecule has 0 saturated heterocycles. The Hall–Kier alpha value is -1.77. The molecule has 0 radical (unpaired) electrons. The summed E-state index contributed by atoms with van der Waals surface area (Å²) >= 11 is 0. The topological polar surface area (TPSA) is 35.8 Å². The molecule has 0 amide bonds. The van der Waals surface area contributed by atoms with Gasteiger partial charge in [0, 0.05) is 18.8 Å². The van der Waals surface area contributed by atoms with Crippen LogP contribution in [0.2, 0.25) is 0 Å². The summed E-state index contributed by atoms with van der Waals surface area (Å²) in [6.07, 6.45) is 2.01. The number of rotatable bonds is 5. The normalized spacial score (nSPS) is 12.7. The van der Waals surface area contributed by atoms with Crippen LogP contribution in [0.15, 0.2) is 35.0 Å². The smallest absolute Gasteiger partial charge is 0.0794 e. The standard InChI is InChI=1S/C15H22N2O/c1-5-17(6-2)15-9-7-14(8-10-15)11-12(3)13(4)16-18/h7-11,18H,5-6H2,1-4H3/b12-11-,16-13+. The first-order valence-electron chi connectivity index (χ1n) is 6.34. The van der Waals surface area contributed by atoms with Crippen molar-refractivity contribution in [2.45, 2.75) is 27.7 Å². The van der Waals surface area contributed by atoms with E-state index in [4.69, 9.17) is 5.21 Å². The molecule has 0 atom stereocenters. The van der Waals surface area contributed by atoms with Crippen molar-refractivity contribution in [1.29, 1.82) is 0 Å². The lowest BCUT2D eigenvalue weighted by molar-refractivity contribution is 0.319. The maximum Gasteiger partial charge on any atom is 0.0794 e. The van der Waals surface area contributed by atoms with Gasteiger partial charge in [0.25, 0.3) is 0 Å². The lowest BCUT2D eigenvalue weighted by Crippen LogP contribution is -2.21. The Balaban J connectivity index is 2.90. The summed E-state index contributed by atoms with van der Waals surface area (Å²) < 4.78 is 0. The van der Waals surface area contributed by atoms with Crippen molar-refractivity contribution in [2.75, 3.05) is 18.0 Å². The first kappa shape index (κ1) is 14.3. The van der Waals surface area contributed by atoms with E-state index in [0.717, 1.165) is 24.2 Å². The number of hydrogen-bond donors (Lipinski definition) is 1. The lowest BCUT2D eigenvalue weighted by Gasteiger charge is -2.20. The quantitative estimate of drug-likeness (QED) is 0.487. The van der Waals surface area contributed by atoms with Gasteiger partial charge in [0.15, 0.2) is 0 Å². The SMILES string of the molecule is CCN(CC)c1ccc(/C=C(C)\C(C)=N\O)cc1. The monoisotopic (exact) mass is 246 g/mol. The number of oxime groups is 1. The molecule has 1 N–H and O–H groups in total. The Morgan fingerprint density at radius 1 is 1.17 bits per heavy atom. The van der Waals surface area contributed by atoms with Crippen LogP contribution in [0.5, 0.6) is 0 Å². The summed E-state index contributed by atoms with van der Waals surface area (Å²) in [5, 5.41) is 11.9. The minimum absolute atomic E-state index is 0.641. The summed E-state index contributed by atoms with van der Waals surface area (Å²) in [6, 6.07) is 8.42. The van der Waals surface area contributed by atoms with E-state index in [9.17, 15) is 0 Å². The molecule has 1 aromatic rings. The maximum atomic E-state index is 8.70. The van der Waals surface area contributed by atoms with E-state index in [0.29, 0.717) is 5.71 Å². The van der Waals surface area contributed by atoms with Crippen LogP contribution in [-0.4, -0.2) is 24.0 Å². The zero-order chi connectivity index (χ0) is 13.5. The molecule has 0 heterocycles. The van der Waals surface area contributed by atoms with Gasteiger partial charge in [0.2, 0.25) is 0 Å². The Labute approximate surface area is 109 Å². The van der Waals surface area contributed by atoms with Crippen LogP contribution in [0.3, 0.4) is 0 Å². The van der Waals surface area contributed by atoms with Gasteiger partial charge < -0.3 is 10.1 Å². The van der Waals surface area contributed by atoms with Crippen molar-refractivity contribution in [3.63, 3.8) is 0 Å². The van der Waals surface area contributed by atoms with Crippen LogP contribution >= 0.6 is 0 Å². The fourth-order valence-corrected chi connectivity index (χ4v) is 1.80. The van der Waals surface area contributed by atoms with Crippen molar-refractivity contribution in [1.82, 2.24) is 0 Å². The fraction of sp³-hybridized carbons (Fsp3) is 0.400. The highest BCUT2D eigenvalue weighted by atomic mass is 16.4. The molecule has 0 aliphatic carbocycles. The molecule has 0 unspecified atom stereocenters. The van der Waals surface area contributed by atoms with Crippen LogP contribution in [0.4, 0.5) is 5.69 Å². The van der Waals surface area contributed by atoms with Crippen molar-refractivity contribution in [2.24, 2.45) is 5.16 Å². The second-order valence-corrected chi connectivity index (χ2v) is 4.28. The molecule has 18 heavy (non-hydrogen) atoms. The molecule has 3 nitrogen and oxygen atoms in total. The van der Waals surface area contributed by atoms with Crippen LogP contribution in [-0.2, 0) is 0 Å². The van der Waals surface area contributed by atoms with E-state index in [1.165, 1.54) is 5.69 Å². The third-order valence-corrected chi connectivity index (χ3v) is 3.13. The van der Waals surface area contributed by atoms with Crippen molar-refractivity contribution < 1.29 is 5.21 Å². The van der Waals surface area contributed by atoms with Gasteiger partial charge in [-0.1, -0.05) is 23.4 Å². The number of hydrogen-bond acceptors (Lipinski definition) is 3. The molecule has 0 bridgehead atoms. The minimum atomic E-state index is 0.641. The Kier molecular flexibility index (Phi) is 5.43. The van der Waals surface area contributed by atoms with Gasteiger partial charge in [0.1, 0.15) is 0 Å². The summed E-state index contributed by atoms with van der Waals surface area (Å²) in [5.41, 5.74) is 3.96. The van der Waals surface area contributed by atoms with Gasteiger partial charge in [-0.25, -0.2) is 0 Å². The summed E-state index contributed by atoms with van der Waals surface area (Å²) in [4.78, 5) is 2.31. The molecule has 1 rings (SSSR count). The zero-order valence-electron chi connectivity index (χ0n) is 11.6. The lowest BCUT2D eigenvalue weighted by atomic mass is 10.1. The highest BCUT2D eigenvalue weighted by Crippen LogP contribution is 2.16. The largest absolute Gasteiger partial charge is 0.411 e. The Morgan fingerprint density at radius 2 is 1.72 bits per heavy atom. The van der Waals surface area contributed by atoms with E-state index >= 15 is 0 Å². The van der Waals surface area contributed by atoms with Gasteiger partial charge in [-0.15, -0.1) is 0 Å². The van der Waals surface area contributed by atoms with Crippen molar-refractivity contribution in [3.05, 3.63) is 35.4 Å². The minimum Gasteiger partial charge on any atom is -0.411 e. The first-order valence-corrected chi connectivity index (χ1v) is 6.34. The molecule has 98 valence electrons. The van der Waals surface area contributed by atoms with Crippen molar-refractivity contribution in [3.8, 4) is 0 Å². The first-order chi connectivity index (χ1) is 8.62. The Bertz CT molecular complexity index is 428. The summed E-state index contributed by atoms with van der Waals surface area (Å²) in [5.74, 6) is 0. The molecule has 0 saturated carbocycles. The highest BCUT2D eigenvalue weighted by molar-refractivity contribution is 6.01. The molecular weight excluding hydrogens is 224 g/mol. The Morgan fingerprint density at radius 3 is 2.17 bits per heavy atom. The van der Waals surface area contributed by atoms with Gasteiger partial charge in [-0.2, -0.15) is 0 Å². The van der Waals surface area contributed by atoms with E-state index in [1.807, 2.05) is 13.0 Å². The molecule has 0 spiro atoms. The third kappa shape index (κ3) is 3.62. The van der Waals surface area contributed by atoms with E-state index in [-0.39, 0.29) is 0 Å². The van der Waals surface area contributed by atoms with E-state index in [1.54, 1.807) is 6.92 Å². The molecule has 3 heteroatoms. The highest BCUT2D eigenvalue weighted by Gasteiger charge is 2.01. The number of nitrogens with zero attached hydrogens (tertiary/aromatic N) is 2. The average Bonchev–Trinajstić information content (AvgIpc) is 2.41. The van der Waals surface area contributed by atoms with Crippen LogP contribution in [0, 0.1) is 0 Å². The molecular formula is C15H22N2O. The van der Waals surface area contributed by atoms with Crippen molar-refractivity contribution >= 4 is 17.5 Å². The van der Waals surface area contributed by atoms with Crippen LogP contribution < -0.4 is 4.90 Å². The zero-order valence-corrected chi connectivity index (χ0v) is 11.6. The van der Waals surface area contributed by atoms with Gasteiger partial charge in [-0.3, -0.25) is 0 Å². The summed E-state index contributed by atoms with van der Waals surface area (Å²) in [7, 11) is 0. The predicted octanol–water partition coefficient (Wildman–Crippen LogP) is 3.79. The van der Waals surface area contributed by atoms with E-state index < -0.39 is 0 Å². The molecule has 1 aromatic carbocycles. The summed E-state index contributed by atoms with van der Waals surface area (Å²) in [6.45, 7) is 10.1. The van der Waals surface area contributed by atoms with Gasteiger partial charge in [-0.05, 0) is 51.0 Å². The predicted molar refractivity (Wildman–Crippen MR) is 78.5 cm³/mol. The second-order valence-electron chi connectivity index (χ2n) is 4.28. The van der Waals surface area contributed by atoms with Gasteiger partial charge in [0.05, 0.1) is 5.71 Å². The number of anilines is 1. The van der Waals surface area contributed by atoms with Gasteiger partial charge >= 0.3 is 0 Å². The third-order valence-electron chi connectivity index (χ3n) is 3.13. The molecule has 0 aromatic heterocycles. The fourth-order valence-electron chi connectivity index (χ4n) is 1.80.